The molecule has 1 heterocycles. The lowest BCUT2D eigenvalue weighted by atomic mass is 9.74. The molecule has 136 valence electrons. The summed E-state index contributed by atoms with van der Waals surface area (Å²) in [4.78, 5) is 39.0. The van der Waals surface area contributed by atoms with Crippen molar-refractivity contribution in [2.45, 2.75) is 44.6 Å². The molecule has 4 rings (SSSR count). The number of carbonyl (C=O) groups excluding carboxylic acids is 3. The van der Waals surface area contributed by atoms with E-state index in [0.717, 1.165) is 32.1 Å². The normalized spacial score (nSPS) is 42.2. The lowest BCUT2D eigenvalue weighted by Crippen LogP contribution is -2.53. The standard InChI is InChI=1S/C19H27N3O3/c1-19(20)7-3-2-4-13(19)16(23)21-8-9-22-17(24)14-11-5-6-12(10-11)15(14)18(22)25/h5-6,11-15H,2-4,7-10,20H2,1H3,(H,21,23). The molecule has 6 nitrogen and oxygen atoms in total. The number of imide groups is 1. The van der Waals surface area contributed by atoms with Crippen molar-refractivity contribution >= 4 is 17.7 Å². The highest BCUT2D eigenvalue weighted by Gasteiger charge is 2.59. The number of hydrogen-bond acceptors (Lipinski definition) is 4. The third-order valence-corrected chi connectivity index (χ3v) is 6.77. The van der Waals surface area contributed by atoms with Gasteiger partial charge in [0.15, 0.2) is 0 Å². The van der Waals surface area contributed by atoms with E-state index in [4.69, 9.17) is 5.73 Å². The monoisotopic (exact) mass is 345 g/mol. The lowest BCUT2D eigenvalue weighted by molar-refractivity contribution is -0.141. The first kappa shape index (κ1) is 16.8. The van der Waals surface area contributed by atoms with E-state index in [0.29, 0.717) is 6.54 Å². The van der Waals surface area contributed by atoms with Crippen molar-refractivity contribution in [3.8, 4) is 0 Å². The van der Waals surface area contributed by atoms with Gasteiger partial charge < -0.3 is 11.1 Å². The molecule has 3 N–H and O–H groups in total. The Balaban J connectivity index is 1.33. The van der Waals surface area contributed by atoms with Crippen LogP contribution in [0.5, 0.6) is 0 Å². The summed E-state index contributed by atoms with van der Waals surface area (Å²) in [5, 5.41) is 2.90. The maximum Gasteiger partial charge on any atom is 0.233 e. The molecule has 0 spiro atoms. The zero-order valence-electron chi connectivity index (χ0n) is 14.7. The van der Waals surface area contributed by atoms with Gasteiger partial charge in [-0.1, -0.05) is 25.0 Å². The Bertz CT molecular complexity index is 612. The van der Waals surface area contributed by atoms with Crippen molar-refractivity contribution in [2.24, 2.45) is 35.3 Å². The van der Waals surface area contributed by atoms with Gasteiger partial charge in [-0.05, 0) is 38.0 Å². The van der Waals surface area contributed by atoms with Gasteiger partial charge in [-0.2, -0.15) is 0 Å². The van der Waals surface area contributed by atoms with Gasteiger partial charge >= 0.3 is 0 Å². The molecular weight excluding hydrogens is 318 g/mol. The number of fused-ring (bicyclic) bond motifs is 5. The molecule has 25 heavy (non-hydrogen) atoms. The number of allylic oxidation sites excluding steroid dienone is 2. The number of amides is 3. The van der Waals surface area contributed by atoms with Crippen molar-refractivity contribution in [3.63, 3.8) is 0 Å². The van der Waals surface area contributed by atoms with Crippen molar-refractivity contribution in [1.29, 1.82) is 0 Å². The minimum atomic E-state index is -0.469. The molecule has 6 unspecified atom stereocenters. The molecule has 6 heteroatoms. The molecule has 1 saturated heterocycles. The number of nitrogens with zero attached hydrogens (tertiary/aromatic N) is 1. The maximum atomic E-state index is 12.6. The molecule has 6 atom stereocenters. The van der Waals surface area contributed by atoms with E-state index in [-0.39, 0.29) is 53.9 Å². The van der Waals surface area contributed by atoms with E-state index < -0.39 is 5.54 Å². The second kappa shape index (κ2) is 5.94. The Kier molecular flexibility index (Phi) is 3.98. The number of hydrogen-bond donors (Lipinski definition) is 2. The highest BCUT2D eigenvalue weighted by molar-refractivity contribution is 6.06. The second-order valence-corrected chi connectivity index (χ2v) is 8.42. The predicted molar refractivity (Wildman–Crippen MR) is 92.0 cm³/mol. The Morgan fingerprint density at radius 2 is 1.88 bits per heavy atom. The zero-order valence-corrected chi connectivity index (χ0v) is 14.7. The van der Waals surface area contributed by atoms with Crippen molar-refractivity contribution in [1.82, 2.24) is 10.2 Å². The first-order valence-corrected chi connectivity index (χ1v) is 9.50. The highest BCUT2D eigenvalue weighted by Crippen LogP contribution is 2.52. The first-order valence-electron chi connectivity index (χ1n) is 9.50. The number of nitrogens with two attached hydrogens (primary N) is 1. The van der Waals surface area contributed by atoms with Crippen molar-refractivity contribution in [2.75, 3.05) is 13.1 Å². The number of nitrogens with one attached hydrogen (secondary N) is 1. The summed E-state index contributed by atoms with van der Waals surface area (Å²) >= 11 is 0. The van der Waals surface area contributed by atoms with Gasteiger partial charge in [0, 0.05) is 18.6 Å². The largest absolute Gasteiger partial charge is 0.354 e. The zero-order chi connectivity index (χ0) is 17.8. The number of likely N-dealkylation sites (tertiary alicyclic amines) is 1. The summed E-state index contributed by atoms with van der Waals surface area (Å²) < 4.78 is 0. The van der Waals surface area contributed by atoms with Crippen LogP contribution in [0.1, 0.15) is 39.0 Å². The van der Waals surface area contributed by atoms with Crippen LogP contribution in [0.25, 0.3) is 0 Å². The summed E-state index contributed by atoms with van der Waals surface area (Å²) in [5.74, 6) is -0.216. The summed E-state index contributed by atoms with van der Waals surface area (Å²) in [6, 6.07) is 0. The average molecular weight is 345 g/mol. The number of carbonyl (C=O) groups is 3. The van der Waals surface area contributed by atoms with Gasteiger partial charge in [0.05, 0.1) is 17.8 Å². The van der Waals surface area contributed by atoms with E-state index in [1.165, 1.54) is 4.90 Å². The van der Waals surface area contributed by atoms with Crippen LogP contribution in [0.2, 0.25) is 0 Å². The molecule has 0 aromatic rings. The van der Waals surface area contributed by atoms with Gasteiger partial charge in [0.1, 0.15) is 0 Å². The minimum absolute atomic E-state index is 0.0503. The van der Waals surface area contributed by atoms with Crippen LogP contribution >= 0.6 is 0 Å². The van der Waals surface area contributed by atoms with Crippen LogP contribution in [0.4, 0.5) is 0 Å². The Hall–Kier alpha value is -1.69. The van der Waals surface area contributed by atoms with Crippen molar-refractivity contribution < 1.29 is 14.4 Å². The summed E-state index contributed by atoms with van der Waals surface area (Å²) in [6.07, 6.45) is 8.86. The van der Waals surface area contributed by atoms with E-state index in [1.807, 2.05) is 6.92 Å². The molecular formula is C19H27N3O3. The van der Waals surface area contributed by atoms with Crippen LogP contribution in [-0.4, -0.2) is 41.2 Å². The van der Waals surface area contributed by atoms with Gasteiger partial charge in [-0.15, -0.1) is 0 Å². The molecule has 2 bridgehead atoms. The van der Waals surface area contributed by atoms with E-state index in [2.05, 4.69) is 17.5 Å². The topological polar surface area (TPSA) is 92.5 Å². The quantitative estimate of drug-likeness (QED) is 0.583. The molecule has 3 aliphatic carbocycles. The molecule has 3 fully saturated rings. The summed E-state index contributed by atoms with van der Waals surface area (Å²) in [6.45, 7) is 2.52. The summed E-state index contributed by atoms with van der Waals surface area (Å²) in [5.41, 5.74) is 5.81. The Morgan fingerprint density at radius 3 is 2.48 bits per heavy atom. The van der Waals surface area contributed by atoms with Crippen LogP contribution in [0, 0.1) is 29.6 Å². The number of rotatable bonds is 4. The highest BCUT2D eigenvalue weighted by atomic mass is 16.2. The van der Waals surface area contributed by atoms with Crippen LogP contribution < -0.4 is 11.1 Å². The minimum Gasteiger partial charge on any atom is -0.354 e. The summed E-state index contributed by atoms with van der Waals surface area (Å²) in [7, 11) is 0. The SMILES string of the molecule is CC1(N)CCCCC1C(=O)NCCN1C(=O)C2C3C=CC(C3)C2C1=O. The van der Waals surface area contributed by atoms with E-state index >= 15 is 0 Å². The third kappa shape index (κ3) is 2.62. The van der Waals surface area contributed by atoms with Gasteiger partial charge in [-0.3, -0.25) is 19.3 Å². The van der Waals surface area contributed by atoms with Gasteiger partial charge in [-0.25, -0.2) is 0 Å². The fourth-order valence-corrected chi connectivity index (χ4v) is 5.39. The molecule has 3 amide bonds. The van der Waals surface area contributed by atoms with Gasteiger partial charge in [0.25, 0.3) is 0 Å². The van der Waals surface area contributed by atoms with Crippen LogP contribution in [0.3, 0.4) is 0 Å². The fraction of sp³-hybridized carbons (Fsp3) is 0.737. The van der Waals surface area contributed by atoms with Crippen LogP contribution in [0.15, 0.2) is 12.2 Å². The first-order chi connectivity index (χ1) is 11.9. The third-order valence-electron chi connectivity index (χ3n) is 6.77. The van der Waals surface area contributed by atoms with E-state index in [9.17, 15) is 14.4 Å². The van der Waals surface area contributed by atoms with E-state index in [1.54, 1.807) is 0 Å². The van der Waals surface area contributed by atoms with Crippen molar-refractivity contribution in [3.05, 3.63) is 12.2 Å². The molecule has 0 aromatic carbocycles. The lowest BCUT2D eigenvalue weighted by Gasteiger charge is -2.37. The molecule has 4 aliphatic rings. The predicted octanol–water partition coefficient (Wildman–Crippen LogP) is 0.817. The van der Waals surface area contributed by atoms with Gasteiger partial charge in [0.2, 0.25) is 17.7 Å². The maximum absolute atomic E-state index is 12.6. The second-order valence-electron chi connectivity index (χ2n) is 8.42. The molecule has 1 aliphatic heterocycles. The molecule has 0 radical (unpaired) electrons. The van der Waals surface area contributed by atoms with Crippen LogP contribution in [-0.2, 0) is 14.4 Å². The smallest absolute Gasteiger partial charge is 0.233 e. The fourth-order valence-electron chi connectivity index (χ4n) is 5.39. The molecule has 2 saturated carbocycles. The average Bonchev–Trinajstić information content (AvgIpc) is 3.23. The Labute approximate surface area is 148 Å². The molecule has 0 aromatic heterocycles. The Morgan fingerprint density at radius 1 is 1.24 bits per heavy atom.